The lowest BCUT2D eigenvalue weighted by atomic mass is 9.95. The zero-order valence-corrected chi connectivity index (χ0v) is 26.8. The maximum Gasteiger partial charge on any atom is 0.0619 e. The number of allylic oxidation sites excluding steroid dienone is 5. The summed E-state index contributed by atoms with van der Waals surface area (Å²) in [7, 11) is 0. The van der Waals surface area contributed by atoms with Crippen molar-refractivity contribution in [3.8, 4) is 0 Å². The summed E-state index contributed by atoms with van der Waals surface area (Å²) < 4.78 is 0. The molecular weight excluding hydrogens is 544 g/mol. The Labute approximate surface area is 267 Å². The van der Waals surface area contributed by atoms with Crippen molar-refractivity contribution in [2.24, 2.45) is 0 Å². The highest BCUT2D eigenvalue weighted by atomic mass is 15.2. The molecule has 0 bridgehead atoms. The summed E-state index contributed by atoms with van der Waals surface area (Å²) in [5, 5.41) is 4.77. The molecule has 0 saturated heterocycles. The minimum atomic E-state index is 1.12. The molecule has 0 aliphatic rings. The predicted octanol–water partition coefficient (Wildman–Crippen LogP) is 12.6. The van der Waals surface area contributed by atoms with Gasteiger partial charge in [-0.05, 0) is 77.1 Å². The van der Waals surface area contributed by atoms with Crippen molar-refractivity contribution < 1.29 is 0 Å². The van der Waals surface area contributed by atoms with Crippen LogP contribution in [0.5, 0.6) is 0 Å². The largest absolute Gasteiger partial charge is 0.316 e. The van der Waals surface area contributed by atoms with Gasteiger partial charge in [-0.2, -0.15) is 0 Å². The molecule has 0 spiro atoms. The first-order valence-electron chi connectivity index (χ1n) is 15.6. The number of fused-ring (bicyclic) bond motifs is 2. The maximum atomic E-state index is 2.42. The van der Waals surface area contributed by atoms with Crippen LogP contribution in [-0.2, 0) is 0 Å². The Hall–Kier alpha value is -5.34. The maximum absolute atomic E-state index is 2.42. The topological polar surface area (TPSA) is 6.48 Å². The monoisotopic (exact) mass is 584 g/mol. The van der Waals surface area contributed by atoms with Gasteiger partial charge < -0.3 is 9.80 Å². The lowest BCUT2D eigenvalue weighted by Gasteiger charge is -2.31. The molecule has 0 unspecified atom stereocenters. The van der Waals surface area contributed by atoms with Gasteiger partial charge in [0.2, 0.25) is 0 Å². The van der Waals surface area contributed by atoms with Gasteiger partial charge in [0.05, 0.1) is 11.4 Å². The van der Waals surface area contributed by atoms with E-state index in [-0.39, 0.29) is 0 Å². The Bertz CT molecular complexity index is 1920. The number of hydrogen-bond donors (Lipinski definition) is 0. The third-order valence-corrected chi connectivity index (χ3v) is 8.26. The van der Waals surface area contributed by atoms with Crippen LogP contribution in [0.1, 0.15) is 30.5 Å². The lowest BCUT2D eigenvalue weighted by molar-refractivity contribution is 1.28. The van der Waals surface area contributed by atoms with E-state index in [9.17, 15) is 0 Å². The second-order valence-corrected chi connectivity index (χ2v) is 11.8. The fourth-order valence-electron chi connectivity index (χ4n) is 5.97. The molecule has 6 aromatic carbocycles. The second-order valence-electron chi connectivity index (χ2n) is 11.8. The van der Waals surface area contributed by atoms with E-state index in [0.717, 1.165) is 22.7 Å². The number of hydrogen-bond acceptors (Lipinski definition) is 2. The number of benzene rings is 6. The van der Waals surface area contributed by atoms with Gasteiger partial charge in [0, 0.05) is 44.8 Å². The molecule has 6 rings (SSSR count). The minimum Gasteiger partial charge on any atom is -0.316 e. The van der Waals surface area contributed by atoms with Crippen LogP contribution in [0.25, 0.3) is 21.5 Å². The normalized spacial score (nSPS) is 12.1. The highest BCUT2D eigenvalue weighted by Crippen LogP contribution is 2.49. The van der Waals surface area contributed by atoms with Gasteiger partial charge in [-0.1, -0.05) is 125 Å². The van der Waals surface area contributed by atoms with Crippen LogP contribution in [0.4, 0.5) is 28.4 Å². The van der Waals surface area contributed by atoms with Crippen LogP contribution in [0.3, 0.4) is 0 Å². The molecule has 0 aliphatic carbocycles. The summed E-state index contributed by atoms with van der Waals surface area (Å²) in [4.78, 5) is 4.76. The molecule has 0 saturated carbocycles. The van der Waals surface area contributed by atoms with Crippen LogP contribution in [0.15, 0.2) is 157 Å². The highest BCUT2D eigenvalue weighted by molar-refractivity contribution is 6.22. The zero-order valence-electron chi connectivity index (χ0n) is 26.8. The standard InChI is InChI=1S/C43H40N2/c1-6-12-31(2)13-11-30-44(35-24-18-32(3)19-25-35)42-38-14-7-9-16-40(38)43(41-17-10-8-15-39(41)42)45(36-26-20-33(4)21-27-36)37-28-22-34(5)23-29-37/h6-30H,1-5H3/b12-6-,30-11+,31-13-. The number of anilines is 5. The Kier molecular flexibility index (Phi) is 8.66. The quantitative estimate of drug-likeness (QED) is 0.0997. The third kappa shape index (κ3) is 6.18. The van der Waals surface area contributed by atoms with E-state index in [1.165, 1.54) is 49.5 Å². The molecule has 0 N–H and O–H groups in total. The average Bonchev–Trinajstić information content (AvgIpc) is 3.05. The van der Waals surface area contributed by atoms with E-state index in [1.807, 2.05) is 0 Å². The van der Waals surface area contributed by atoms with Crippen LogP contribution < -0.4 is 9.80 Å². The highest BCUT2D eigenvalue weighted by Gasteiger charge is 2.23. The minimum absolute atomic E-state index is 1.12. The van der Waals surface area contributed by atoms with Crippen molar-refractivity contribution in [3.63, 3.8) is 0 Å². The first-order valence-corrected chi connectivity index (χ1v) is 15.6. The van der Waals surface area contributed by atoms with Crippen molar-refractivity contribution in [2.75, 3.05) is 9.80 Å². The predicted molar refractivity (Wildman–Crippen MR) is 197 cm³/mol. The number of rotatable bonds is 8. The van der Waals surface area contributed by atoms with E-state index in [0.29, 0.717) is 0 Å². The molecule has 2 nitrogen and oxygen atoms in total. The summed E-state index contributed by atoms with van der Waals surface area (Å²) in [6.07, 6.45) is 10.7. The third-order valence-electron chi connectivity index (χ3n) is 8.26. The van der Waals surface area contributed by atoms with E-state index in [4.69, 9.17) is 0 Å². The van der Waals surface area contributed by atoms with E-state index < -0.39 is 0 Å². The first-order chi connectivity index (χ1) is 21.9. The molecule has 0 atom stereocenters. The Balaban J connectivity index is 1.69. The Morgan fingerprint density at radius 2 is 0.911 bits per heavy atom. The van der Waals surface area contributed by atoms with Crippen LogP contribution in [0, 0.1) is 20.8 Å². The van der Waals surface area contributed by atoms with Gasteiger partial charge in [0.25, 0.3) is 0 Å². The van der Waals surface area contributed by atoms with Crippen molar-refractivity contribution in [2.45, 2.75) is 34.6 Å². The molecule has 0 aromatic heterocycles. The summed E-state index contributed by atoms with van der Waals surface area (Å²) in [5.74, 6) is 0. The van der Waals surface area contributed by atoms with E-state index in [2.05, 4.69) is 196 Å². The van der Waals surface area contributed by atoms with Crippen molar-refractivity contribution >= 4 is 50.0 Å². The van der Waals surface area contributed by atoms with Crippen molar-refractivity contribution in [1.29, 1.82) is 0 Å². The first kappa shape index (κ1) is 29.7. The molecule has 0 fully saturated rings. The lowest BCUT2D eigenvalue weighted by Crippen LogP contribution is -2.14. The number of nitrogens with zero attached hydrogens (tertiary/aromatic N) is 2. The molecule has 0 heterocycles. The SMILES string of the molecule is C\C=C/C(C)=C\C=C\N(c1ccc(C)cc1)c1c2ccccc2c(N(c2ccc(C)cc2)c2ccc(C)cc2)c2ccccc12. The van der Waals surface area contributed by atoms with Gasteiger partial charge in [0.15, 0.2) is 0 Å². The molecule has 2 heteroatoms. The molecule has 222 valence electrons. The van der Waals surface area contributed by atoms with Gasteiger partial charge in [-0.25, -0.2) is 0 Å². The Morgan fingerprint density at radius 3 is 1.33 bits per heavy atom. The molecule has 45 heavy (non-hydrogen) atoms. The number of aryl methyl sites for hydroxylation is 3. The van der Waals surface area contributed by atoms with Gasteiger partial charge in [0.1, 0.15) is 0 Å². The summed E-state index contributed by atoms with van der Waals surface area (Å²) in [6.45, 7) is 10.6. The van der Waals surface area contributed by atoms with E-state index in [1.54, 1.807) is 0 Å². The summed E-state index contributed by atoms with van der Waals surface area (Å²) in [5.41, 5.74) is 10.6. The summed E-state index contributed by atoms with van der Waals surface area (Å²) >= 11 is 0. The van der Waals surface area contributed by atoms with Crippen molar-refractivity contribution in [3.05, 3.63) is 174 Å². The van der Waals surface area contributed by atoms with Gasteiger partial charge in [-0.15, -0.1) is 0 Å². The van der Waals surface area contributed by atoms with E-state index >= 15 is 0 Å². The van der Waals surface area contributed by atoms with Gasteiger partial charge in [-0.3, -0.25) is 0 Å². The smallest absolute Gasteiger partial charge is 0.0619 e. The fourth-order valence-corrected chi connectivity index (χ4v) is 5.97. The molecule has 0 radical (unpaired) electrons. The molecule has 0 amide bonds. The average molecular weight is 585 g/mol. The summed E-state index contributed by atoms with van der Waals surface area (Å²) in [6, 6.07) is 44.2. The fraction of sp³-hybridized carbons (Fsp3) is 0.116. The van der Waals surface area contributed by atoms with Crippen molar-refractivity contribution in [1.82, 2.24) is 0 Å². The van der Waals surface area contributed by atoms with Crippen LogP contribution in [0.2, 0.25) is 0 Å². The van der Waals surface area contributed by atoms with Gasteiger partial charge >= 0.3 is 0 Å². The molecular formula is C43H40N2. The van der Waals surface area contributed by atoms with Crippen LogP contribution in [-0.4, -0.2) is 0 Å². The zero-order chi connectivity index (χ0) is 31.3. The van der Waals surface area contributed by atoms with Crippen LogP contribution >= 0.6 is 0 Å². The second kappa shape index (κ2) is 13.1. The molecule has 6 aromatic rings. The molecule has 0 aliphatic heterocycles. The Morgan fingerprint density at radius 1 is 0.511 bits per heavy atom.